The maximum absolute atomic E-state index is 5.39. The molecule has 0 spiro atoms. The van der Waals surface area contributed by atoms with Crippen LogP contribution in [-0.4, -0.2) is 29.0 Å². The van der Waals surface area contributed by atoms with Crippen molar-refractivity contribution in [2.45, 2.75) is 32.6 Å². The van der Waals surface area contributed by atoms with Gasteiger partial charge >= 0.3 is 0 Å². The summed E-state index contributed by atoms with van der Waals surface area (Å²) >= 11 is 0. The average molecular weight is 188 g/mol. The zero-order valence-electron chi connectivity index (χ0n) is 8.21. The predicted molar refractivity (Wildman–Crippen MR) is 55.2 cm³/mol. The Morgan fingerprint density at radius 3 is 2.33 bits per heavy atom. The predicted octanol–water partition coefficient (Wildman–Crippen LogP) is 1.51. The van der Waals surface area contributed by atoms with Crippen LogP contribution in [0.3, 0.4) is 0 Å². The summed E-state index contributed by atoms with van der Waals surface area (Å²) < 4.78 is 10.8. The van der Waals surface area contributed by atoms with E-state index in [-0.39, 0.29) is 15.8 Å². The van der Waals surface area contributed by atoms with Crippen molar-refractivity contribution in [2.24, 2.45) is 0 Å². The molecule has 0 aromatic carbocycles. The fraction of sp³-hybridized carbons (Fsp3) is 0.778. The second-order valence-electron chi connectivity index (χ2n) is 2.56. The molecule has 0 aliphatic carbocycles. The fourth-order valence-electron chi connectivity index (χ4n) is 1.02. The lowest BCUT2D eigenvalue weighted by atomic mass is 10.4. The smallest absolute Gasteiger partial charge is 0.157 e. The van der Waals surface area contributed by atoms with Gasteiger partial charge in [0.15, 0.2) is 6.29 Å². The Morgan fingerprint density at radius 1 is 1.33 bits per heavy atom. The summed E-state index contributed by atoms with van der Waals surface area (Å²) in [5.74, 6) is 0. The summed E-state index contributed by atoms with van der Waals surface area (Å²) in [4.78, 5) is 0. The van der Waals surface area contributed by atoms with Crippen LogP contribution in [0.15, 0.2) is 12.3 Å². The number of rotatable bonds is 8. The van der Waals surface area contributed by atoms with E-state index in [1.807, 2.05) is 13.8 Å². The summed E-state index contributed by atoms with van der Waals surface area (Å²) in [6.07, 6.45) is 1.05. The Kier molecular flexibility index (Phi) is 8.88. The largest absolute Gasteiger partial charge is 0.353 e. The minimum absolute atomic E-state index is 0.0208. The molecular weight excluding hydrogens is 168 g/mol. The van der Waals surface area contributed by atoms with Crippen LogP contribution in [0.2, 0.25) is 6.04 Å². The molecule has 0 heterocycles. The summed E-state index contributed by atoms with van der Waals surface area (Å²) in [5, 5.41) is 0. The van der Waals surface area contributed by atoms with Gasteiger partial charge in [0.25, 0.3) is 0 Å². The third-order valence-corrected chi connectivity index (χ3v) is 2.78. The third kappa shape index (κ3) is 6.58. The van der Waals surface area contributed by atoms with Crippen molar-refractivity contribution in [1.29, 1.82) is 0 Å². The van der Waals surface area contributed by atoms with Crippen LogP contribution in [0, 0.1) is 0 Å². The van der Waals surface area contributed by atoms with E-state index in [9.17, 15) is 0 Å². The van der Waals surface area contributed by atoms with Gasteiger partial charge in [0.2, 0.25) is 0 Å². The highest BCUT2D eigenvalue weighted by Gasteiger charge is 2.05. The van der Waals surface area contributed by atoms with Gasteiger partial charge in [0.1, 0.15) is 0 Å². The molecule has 0 saturated heterocycles. The second kappa shape index (κ2) is 8.97. The van der Waals surface area contributed by atoms with E-state index < -0.39 is 0 Å². The Balaban J connectivity index is 3.40. The van der Waals surface area contributed by atoms with Gasteiger partial charge in [-0.15, -0.1) is 12.3 Å². The normalized spacial score (nSPS) is 11.6. The van der Waals surface area contributed by atoms with Crippen molar-refractivity contribution in [2.75, 3.05) is 13.2 Å². The minimum Gasteiger partial charge on any atom is -0.353 e. The van der Waals surface area contributed by atoms with Crippen molar-refractivity contribution < 1.29 is 9.47 Å². The van der Waals surface area contributed by atoms with E-state index in [4.69, 9.17) is 9.47 Å². The van der Waals surface area contributed by atoms with E-state index in [0.29, 0.717) is 0 Å². The molecule has 72 valence electrons. The fourth-order valence-corrected chi connectivity index (χ4v) is 1.87. The van der Waals surface area contributed by atoms with Gasteiger partial charge in [0.05, 0.1) is 0 Å². The van der Waals surface area contributed by atoms with Gasteiger partial charge < -0.3 is 9.47 Å². The lowest BCUT2D eigenvalue weighted by molar-refractivity contribution is -0.136. The van der Waals surface area contributed by atoms with Gasteiger partial charge in [-0.05, 0) is 20.3 Å². The summed E-state index contributed by atoms with van der Waals surface area (Å²) in [7, 11) is -0.0512. The van der Waals surface area contributed by atoms with Gasteiger partial charge in [-0.2, -0.15) is 0 Å². The van der Waals surface area contributed by atoms with Gasteiger partial charge in [0, 0.05) is 22.7 Å². The molecule has 0 radical (unpaired) electrons. The number of hydrogen-bond acceptors (Lipinski definition) is 2. The number of hydrogen-bond donors (Lipinski definition) is 0. The Morgan fingerprint density at radius 2 is 1.92 bits per heavy atom. The van der Waals surface area contributed by atoms with E-state index in [2.05, 4.69) is 12.3 Å². The van der Waals surface area contributed by atoms with Crippen molar-refractivity contribution in [3.05, 3.63) is 12.3 Å². The molecule has 0 aromatic heterocycles. The van der Waals surface area contributed by atoms with Crippen LogP contribution >= 0.6 is 0 Å². The van der Waals surface area contributed by atoms with Crippen LogP contribution in [0.4, 0.5) is 0 Å². The first-order chi connectivity index (χ1) is 5.85. The average Bonchev–Trinajstić information content (AvgIpc) is 2.06. The Hall–Kier alpha value is -0.123. The maximum Gasteiger partial charge on any atom is 0.157 e. The minimum atomic E-state index is -0.0512. The molecule has 3 heteroatoms. The van der Waals surface area contributed by atoms with E-state index in [0.717, 1.165) is 19.6 Å². The molecule has 0 saturated carbocycles. The molecule has 2 nitrogen and oxygen atoms in total. The molecule has 0 aliphatic heterocycles. The molecule has 12 heavy (non-hydrogen) atoms. The number of ether oxygens (including phenoxy) is 2. The van der Waals surface area contributed by atoms with Crippen molar-refractivity contribution >= 4 is 9.52 Å². The third-order valence-electron chi connectivity index (χ3n) is 1.55. The van der Waals surface area contributed by atoms with Crippen LogP contribution in [0.5, 0.6) is 0 Å². The zero-order valence-corrected chi connectivity index (χ0v) is 9.63. The maximum atomic E-state index is 5.39. The molecule has 0 aliphatic rings. The molecule has 0 fully saturated rings. The van der Waals surface area contributed by atoms with Crippen molar-refractivity contribution in [1.82, 2.24) is 0 Å². The lowest BCUT2D eigenvalue weighted by Crippen LogP contribution is -2.17. The highest BCUT2D eigenvalue weighted by Crippen LogP contribution is 2.04. The van der Waals surface area contributed by atoms with Crippen LogP contribution in [0.1, 0.15) is 20.3 Å². The first-order valence-electron chi connectivity index (χ1n) is 4.69. The summed E-state index contributed by atoms with van der Waals surface area (Å²) in [5.41, 5.74) is 2.06. The molecular formula is C9H20O2Si. The van der Waals surface area contributed by atoms with E-state index in [1.54, 1.807) is 0 Å². The standard InChI is InChI=1S/C9H20O2Si/c1-4-10-9(11-5-2)7-8-12-6-3/h6,9H,3-5,7-8,12H2,1-2H3. The van der Waals surface area contributed by atoms with Gasteiger partial charge in [-0.1, -0.05) is 6.04 Å². The van der Waals surface area contributed by atoms with Crippen molar-refractivity contribution in [3.8, 4) is 0 Å². The topological polar surface area (TPSA) is 18.5 Å². The quantitative estimate of drug-likeness (QED) is 0.326. The highest BCUT2D eigenvalue weighted by atomic mass is 28.2. The monoisotopic (exact) mass is 188 g/mol. The highest BCUT2D eigenvalue weighted by molar-refractivity contribution is 6.41. The van der Waals surface area contributed by atoms with E-state index in [1.165, 1.54) is 6.04 Å². The zero-order chi connectivity index (χ0) is 9.23. The van der Waals surface area contributed by atoms with E-state index >= 15 is 0 Å². The molecule has 0 atom stereocenters. The molecule has 0 bridgehead atoms. The van der Waals surface area contributed by atoms with Gasteiger partial charge in [-0.25, -0.2) is 0 Å². The summed E-state index contributed by atoms with van der Waals surface area (Å²) in [6, 6.07) is 1.23. The van der Waals surface area contributed by atoms with Gasteiger partial charge in [-0.3, -0.25) is 0 Å². The molecule has 0 N–H and O–H groups in total. The SMILES string of the molecule is C=C[SiH2]CCC(OCC)OCC. The molecule has 0 unspecified atom stereocenters. The molecule has 0 aromatic rings. The first kappa shape index (κ1) is 11.9. The summed E-state index contributed by atoms with van der Waals surface area (Å²) in [6.45, 7) is 9.20. The lowest BCUT2D eigenvalue weighted by Gasteiger charge is -2.15. The molecule has 0 rings (SSSR count). The second-order valence-corrected chi connectivity index (χ2v) is 4.42. The Labute approximate surface area is 77.8 Å². The Bertz CT molecular complexity index is 101. The van der Waals surface area contributed by atoms with Crippen LogP contribution in [-0.2, 0) is 9.47 Å². The first-order valence-corrected chi connectivity index (χ1v) is 6.50. The molecule has 0 amide bonds. The van der Waals surface area contributed by atoms with Crippen molar-refractivity contribution in [3.63, 3.8) is 0 Å². The van der Waals surface area contributed by atoms with Crippen LogP contribution in [0.25, 0.3) is 0 Å². The van der Waals surface area contributed by atoms with Crippen LogP contribution < -0.4 is 0 Å².